The van der Waals surface area contributed by atoms with Crippen molar-refractivity contribution in [3.8, 4) is 0 Å². The van der Waals surface area contributed by atoms with E-state index in [1.54, 1.807) is 4.31 Å². The second-order valence-electron chi connectivity index (χ2n) is 5.35. The maximum Gasteiger partial charge on any atom is 0.269 e. The van der Waals surface area contributed by atoms with Crippen LogP contribution in [0.15, 0.2) is 24.3 Å². The molecule has 1 heterocycles. The molecule has 0 unspecified atom stereocenters. The van der Waals surface area contributed by atoms with Gasteiger partial charge >= 0.3 is 0 Å². The van der Waals surface area contributed by atoms with Crippen LogP contribution in [0.2, 0.25) is 0 Å². The minimum Gasteiger partial charge on any atom is -0.258 e. The van der Waals surface area contributed by atoms with Crippen molar-refractivity contribution in [3.05, 3.63) is 39.9 Å². The molecule has 0 bridgehead atoms. The van der Waals surface area contributed by atoms with Gasteiger partial charge in [0.1, 0.15) is 0 Å². The summed E-state index contributed by atoms with van der Waals surface area (Å²) in [5.41, 5.74) is 0.560. The lowest BCUT2D eigenvalue weighted by Gasteiger charge is -2.24. The Kier molecular flexibility index (Phi) is 5.30. The Morgan fingerprint density at radius 3 is 2.05 bits per heavy atom. The molecule has 21 heavy (non-hydrogen) atoms. The molecule has 0 amide bonds. The van der Waals surface area contributed by atoms with Crippen molar-refractivity contribution < 1.29 is 13.3 Å². The van der Waals surface area contributed by atoms with Crippen LogP contribution in [0, 0.1) is 10.1 Å². The highest BCUT2D eigenvalue weighted by Crippen LogP contribution is 2.18. The minimum atomic E-state index is -3.35. The molecule has 0 spiro atoms. The topological polar surface area (TPSA) is 80.5 Å². The van der Waals surface area contributed by atoms with Crippen molar-refractivity contribution in [2.75, 3.05) is 13.1 Å². The summed E-state index contributed by atoms with van der Waals surface area (Å²) < 4.78 is 26.4. The summed E-state index contributed by atoms with van der Waals surface area (Å²) in [6.45, 7) is 1.16. The summed E-state index contributed by atoms with van der Waals surface area (Å²) in [4.78, 5) is 10.1. The fraction of sp³-hybridized carbons (Fsp3) is 0.571. The van der Waals surface area contributed by atoms with Crippen molar-refractivity contribution >= 4 is 15.7 Å². The summed E-state index contributed by atoms with van der Waals surface area (Å²) in [6, 6.07) is 5.72. The summed E-state index contributed by atoms with van der Waals surface area (Å²) in [5.74, 6) is -0.0923. The largest absolute Gasteiger partial charge is 0.269 e. The van der Waals surface area contributed by atoms with Crippen molar-refractivity contribution in [1.82, 2.24) is 4.31 Å². The molecule has 1 aliphatic rings. The number of sulfonamides is 1. The van der Waals surface area contributed by atoms with Crippen molar-refractivity contribution in [2.24, 2.45) is 0 Å². The molecule has 1 aromatic rings. The Balaban J connectivity index is 2.06. The van der Waals surface area contributed by atoms with E-state index in [1.165, 1.54) is 30.7 Å². The molecule has 2 rings (SSSR count). The SMILES string of the molecule is O=[N+]([O-])c1ccc(CS(=O)(=O)N2CCCCCCC2)cc1. The van der Waals surface area contributed by atoms with E-state index in [0.717, 1.165) is 25.7 Å². The lowest BCUT2D eigenvalue weighted by atomic mass is 10.1. The maximum atomic E-state index is 12.4. The number of non-ortho nitro benzene ring substituents is 1. The number of nitrogens with zero attached hydrogens (tertiary/aromatic N) is 2. The molecule has 0 aliphatic carbocycles. The van der Waals surface area contributed by atoms with E-state index in [2.05, 4.69) is 0 Å². The Labute approximate surface area is 125 Å². The van der Waals surface area contributed by atoms with Gasteiger partial charge in [-0.2, -0.15) is 0 Å². The zero-order valence-electron chi connectivity index (χ0n) is 11.9. The van der Waals surface area contributed by atoms with E-state index in [9.17, 15) is 18.5 Å². The third-order valence-electron chi connectivity index (χ3n) is 3.70. The Hall–Kier alpha value is -1.47. The van der Waals surface area contributed by atoms with Gasteiger partial charge in [-0.15, -0.1) is 0 Å². The van der Waals surface area contributed by atoms with Gasteiger partial charge in [-0.3, -0.25) is 10.1 Å². The highest BCUT2D eigenvalue weighted by molar-refractivity contribution is 7.88. The molecule has 0 aromatic heterocycles. The van der Waals surface area contributed by atoms with Gasteiger partial charge in [-0.1, -0.05) is 31.4 Å². The molecular formula is C14H20N2O4S. The standard InChI is InChI=1S/C14H20N2O4S/c17-16(18)14-8-6-13(7-9-14)12-21(19,20)15-10-4-2-1-3-5-11-15/h6-9H,1-5,10-12H2. The second kappa shape index (κ2) is 7.00. The van der Waals surface area contributed by atoms with Gasteiger partial charge < -0.3 is 0 Å². The van der Waals surface area contributed by atoms with Crippen LogP contribution < -0.4 is 0 Å². The summed E-state index contributed by atoms with van der Waals surface area (Å²) in [6.07, 6.45) is 5.13. The van der Waals surface area contributed by atoms with Gasteiger partial charge in [0.05, 0.1) is 10.7 Å². The van der Waals surface area contributed by atoms with E-state index in [0.29, 0.717) is 18.7 Å². The molecule has 1 saturated heterocycles. The first kappa shape index (κ1) is 15.9. The number of hydrogen-bond donors (Lipinski definition) is 0. The fourth-order valence-corrected chi connectivity index (χ4v) is 4.12. The second-order valence-corrected chi connectivity index (χ2v) is 7.32. The van der Waals surface area contributed by atoms with Crippen LogP contribution >= 0.6 is 0 Å². The number of benzene rings is 1. The van der Waals surface area contributed by atoms with Gasteiger partial charge in [0, 0.05) is 25.2 Å². The minimum absolute atomic E-state index is 0.0255. The third kappa shape index (κ3) is 4.50. The van der Waals surface area contributed by atoms with Crippen LogP contribution in [0.1, 0.15) is 37.7 Å². The van der Waals surface area contributed by atoms with Gasteiger partial charge in [0.15, 0.2) is 0 Å². The van der Waals surface area contributed by atoms with Crippen LogP contribution in [0.25, 0.3) is 0 Å². The number of rotatable bonds is 4. The van der Waals surface area contributed by atoms with Crippen LogP contribution in [-0.2, 0) is 15.8 Å². The number of hydrogen-bond acceptors (Lipinski definition) is 4. The quantitative estimate of drug-likeness (QED) is 0.632. The zero-order chi connectivity index (χ0) is 15.3. The van der Waals surface area contributed by atoms with Crippen molar-refractivity contribution in [2.45, 2.75) is 37.9 Å². The Morgan fingerprint density at radius 1 is 1.00 bits per heavy atom. The highest BCUT2D eigenvalue weighted by atomic mass is 32.2. The number of nitro groups is 1. The van der Waals surface area contributed by atoms with Gasteiger partial charge in [0.2, 0.25) is 10.0 Å². The van der Waals surface area contributed by atoms with Gasteiger partial charge in [0.25, 0.3) is 5.69 Å². The normalized spacial score (nSPS) is 17.9. The predicted molar refractivity (Wildman–Crippen MR) is 80.4 cm³/mol. The first-order valence-electron chi connectivity index (χ1n) is 7.20. The van der Waals surface area contributed by atoms with E-state index >= 15 is 0 Å². The molecule has 1 aliphatic heterocycles. The molecular weight excluding hydrogens is 292 g/mol. The highest BCUT2D eigenvalue weighted by Gasteiger charge is 2.23. The lowest BCUT2D eigenvalue weighted by molar-refractivity contribution is -0.384. The predicted octanol–water partition coefficient (Wildman–Crippen LogP) is 2.69. The van der Waals surface area contributed by atoms with E-state index in [-0.39, 0.29) is 11.4 Å². The van der Waals surface area contributed by atoms with Gasteiger partial charge in [-0.05, 0) is 18.4 Å². The maximum absolute atomic E-state index is 12.4. The average molecular weight is 312 g/mol. The zero-order valence-corrected chi connectivity index (χ0v) is 12.7. The third-order valence-corrected chi connectivity index (χ3v) is 5.55. The summed E-state index contributed by atoms with van der Waals surface area (Å²) in [5, 5.41) is 10.6. The van der Waals surface area contributed by atoms with Crippen LogP contribution in [0.5, 0.6) is 0 Å². The molecule has 0 radical (unpaired) electrons. The molecule has 0 N–H and O–H groups in total. The number of nitro benzene ring substituents is 1. The first-order chi connectivity index (χ1) is 9.99. The fourth-order valence-electron chi connectivity index (χ4n) is 2.51. The smallest absolute Gasteiger partial charge is 0.258 e. The summed E-state index contributed by atoms with van der Waals surface area (Å²) >= 11 is 0. The van der Waals surface area contributed by atoms with E-state index < -0.39 is 14.9 Å². The molecule has 0 atom stereocenters. The van der Waals surface area contributed by atoms with E-state index in [1.807, 2.05) is 0 Å². The van der Waals surface area contributed by atoms with Crippen molar-refractivity contribution in [1.29, 1.82) is 0 Å². The van der Waals surface area contributed by atoms with E-state index in [4.69, 9.17) is 0 Å². The molecule has 1 fully saturated rings. The van der Waals surface area contributed by atoms with Crippen LogP contribution in [0.3, 0.4) is 0 Å². The molecule has 116 valence electrons. The average Bonchev–Trinajstić information content (AvgIpc) is 2.37. The Bertz CT molecular complexity index is 575. The molecule has 0 saturated carbocycles. The molecule has 6 nitrogen and oxygen atoms in total. The first-order valence-corrected chi connectivity index (χ1v) is 8.81. The van der Waals surface area contributed by atoms with Crippen LogP contribution in [0.4, 0.5) is 5.69 Å². The summed E-state index contributed by atoms with van der Waals surface area (Å²) in [7, 11) is -3.35. The Morgan fingerprint density at radius 2 is 1.52 bits per heavy atom. The lowest BCUT2D eigenvalue weighted by Crippen LogP contribution is -2.34. The monoisotopic (exact) mass is 312 g/mol. The van der Waals surface area contributed by atoms with Crippen LogP contribution in [-0.4, -0.2) is 30.7 Å². The van der Waals surface area contributed by atoms with Crippen molar-refractivity contribution in [3.63, 3.8) is 0 Å². The van der Waals surface area contributed by atoms with Gasteiger partial charge in [-0.25, -0.2) is 12.7 Å². The molecule has 1 aromatic carbocycles. The molecule has 7 heteroatoms.